The fourth-order valence-corrected chi connectivity index (χ4v) is 2.53. The first-order chi connectivity index (χ1) is 13.7. The van der Waals surface area contributed by atoms with Crippen LogP contribution in [0.5, 0.6) is 0 Å². The first-order valence-corrected chi connectivity index (χ1v) is 9.34. The number of esters is 1. The summed E-state index contributed by atoms with van der Waals surface area (Å²) < 4.78 is 9.91. The number of rotatable bonds is 7. The Morgan fingerprint density at radius 3 is 2.17 bits per heavy atom. The van der Waals surface area contributed by atoms with Gasteiger partial charge in [-0.2, -0.15) is 0 Å². The number of hydrogen-bond donors (Lipinski definition) is 2. The summed E-state index contributed by atoms with van der Waals surface area (Å²) in [6.07, 6.45) is -2.01. The zero-order valence-electron chi connectivity index (χ0n) is 17.2. The standard InChI is InChI=1S/C22H28N2O5/c1-22(2,3)29-21(27)24(23-14-19(25)20(26)28-4)15-16-10-12-18(13-11-16)17-8-6-5-7-9-17/h5-13,19,23,25H,14-15H2,1-4H3. The third-order valence-corrected chi connectivity index (χ3v) is 3.96. The van der Waals surface area contributed by atoms with Crippen LogP contribution in [0.2, 0.25) is 0 Å². The SMILES string of the molecule is COC(=O)C(O)CNN(Cc1ccc(-c2ccccc2)cc1)C(=O)OC(C)(C)C. The lowest BCUT2D eigenvalue weighted by Crippen LogP contribution is -2.48. The number of benzene rings is 2. The van der Waals surface area contributed by atoms with Crippen LogP contribution >= 0.6 is 0 Å². The summed E-state index contributed by atoms with van der Waals surface area (Å²) in [6, 6.07) is 17.7. The number of carbonyl (C=O) groups is 2. The molecule has 0 aliphatic rings. The molecule has 29 heavy (non-hydrogen) atoms. The van der Waals surface area contributed by atoms with E-state index in [0.29, 0.717) is 0 Å². The lowest BCUT2D eigenvalue weighted by molar-refractivity contribution is -0.150. The minimum atomic E-state index is -1.40. The molecule has 2 aromatic rings. The maximum atomic E-state index is 12.5. The van der Waals surface area contributed by atoms with Crippen molar-refractivity contribution < 1.29 is 24.2 Å². The van der Waals surface area contributed by atoms with E-state index in [1.807, 2.05) is 54.6 Å². The second-order valence-electron chi connectivity index (χ2n) is 7.53. The zero-order valence-corrected chi connectivity index (χ0v) is 17.2. The van der Waals surface area contributed by atoms with Crippen molar-refractivity contribution in [1.82, 2.24) is 10.4 Å². The first-order valence-electron chi connectivity index (χ1n) is 9.34. The normalized spacial score (nSPS) is 12.2. The lowest BCUT2D eigenvalue weighted by atomic mass is 10.0. The summed E-state index contributed by atoms with van der Waals surface area (Å²) in [7, 11) is 1.19. The Balaban J connectivity index is 2.11. The molecule has 1 atom stereocenters. The highest BCUT2D eigenvalue weighted by Gasteiger charge is 2.24. The van der Waals surface area contributed by atoms with Gasteiger partial charge in [-0.15, -0.1) is 0 Å². The molecule has 2 aromatic carbocycles. The van der Waals surface area contributed by atoms with Gasteiger partial charge in [0.1, 0.15) is 5.60 Å². The molecular formula is C22H28N2O5. The minimum absolute atomic E-state index is 0.186. The van der Waals surface area contributed by atoms with Crippen molar-refractivity contribution in [3.05, 3.63) is 60.2 Å². The fraction of sp³-hybridized carbons (Fsp3) is 0.364. The van der Waals surface area contributed by atoms with E-state index >= 15 is 0 Å². The van der Waals surface area contributed by atoms with Crippen LogP contribution in [0.15, 0.2) is 54.6 Å². The van der Waals surface area contributed by atoms with Crippen LogP contribution in [0, 0.1) is 0 Å². The van der Waals surface area contributed by atoms with Crippen LogP contribution in [0.25, 0.3) is 11.1 Å². The molecular weight excluding hydrogens is 372 g/mol. The van der Waals surface area contributed by atoms with Crippen molar-refractivity contribution in [2.24, 2.45) is 0 Å². The number of ether oxygens (including phenoxy) is 2. The Morgan fingerprint density at radius 1 is 1.03 bits per heavy atom. The third kappa shape index (κ3) is 7.21. The van der Waals surface area contributed by atoms with Gasteiger partial charge in [-0.1, -0.05) is 54.6 Å². The molecule has 0 spiro atoms. The highest BCUT2D eigenvalue weighted by Crippen LogP contribution is 2.20. The molecule has 0 bridgehead atoms. The molecule has 0 aromatic heterocycles. The van der Waals surface area contributed by atoms with E-state index in [4.69, 9.17) is 4.74 Å². The Morgan fingerprint density at radius 2 is 1.62 bits per heavy atom. The van der Waals surface area contributed by atoms with Crippen LogP contribution in [0.3, 0.4) is 0 Å². The molecule has 0 saturated carbocycles. The van der Waals surface area contributed by atoms with Crippen LogP contribution in [0.1, 0.15) is 26.3 Å². The third-order valence-electron chi connectivity index (χ3n) is 3.96. The molecule has 0 radical (unpaired) electrons. The summed E-state index contributed by atoms with van der Waals surface area (Å²) in [5, 5.41) is 11.0. The van der Waals surface area contributed by atoms with E-state index < -0.39 is 23.8 Å². The molecule has 7 heteroatoms. The van der Waals surface area contributed by atoms with Crippen molar-refractivity contribution in [3.63, 3.8) is 0 Å². The van der Waals surface area contributed by atoms with E-state index in [1.54, 1.807) is 20.8 Å². The number of methoxy groups -OCH3 is 1. The number of amides is 1. The molecule has 0 aliphatic carbocycles. The van der Waals surface area contributed by atoms with Gasteiger partial charge >= 0.3 is 12.1 Å². The van der Waals surface area contributed by atoms with E-state index in [1.165, 1.54) is 12.1 Å². The molecule has 156 valence electrons. The molecule has 0 heterocycles. The maximum absolute atomic E-state index is 12.5. The Hall–Kier alpha value is -2.90. The average molecular weight is 400 g/mol. The number of nitrogens with zero attached hydrogens (tertiary/aromatic N) is 1. The van der Waals surface area contributed by atoms with Crippen molar-refractivity contribution >= 4 is 12.1 Å². The monoisotopic (exact) mass is 400 g/mol. The fourth-order valence-electron chi connectivity index (χ4n) is 2.53. The predicted molar refractivity (Wildman–Crippen MR) is 110 cm³/mol. The summed E-state index contributed by atoms with van der Waals surface area (Å²) in [6.45, 7) is 5.30. The molecule has 1 unspecified atom stereocenters. The highest BCUT2D eigenvalue weighted by molar-refractivity contribution is 5.74. The van der Waals surface area contributed by atoms with Gasteiger partial charge < -0.3 is 14.6 Å². The predicted octanol–water partition coefficient (Wildman–Crippen LogP) is 3.13. The Kier molecular flexibility index (Phi) is 7.75. The van der Waals surface area contributed by atoms with Crippen LogP contribution < -0.4 is 5.43 Å². The lowest BCUT2D eigenvalue weighted by Gasteiger charge is -2.28. The van der Waals surface area contributed by atoms with E-state index in [9.17, 15) is 14.7 Å². The number of hydrogen-bond acceptors (Lipinski definition) is 6. The number of carbonyl (C=O) groups excluding carboxylic acids is 2. The molecule has 0 aliphatic heterocycles. The van der Waals surface area contributed by atoms with Gasteiger partial charge in [0.05, 0.1) is 20.2 Å². The second-order valence-corrected chi connectivity index (χ2v) is 7.53. The number of nitrogens with one attached hydrogen (secondary N) is 1. The molecule has 2 rings (SSSR count). The highest BCUT2D eigenvalue weighted by atomic mass is 16.6. The van der Waals surface area contributed by atoms with Crippen molar-refractivity contribution in [1.29, 1.82) is 0 Å². The van der Waals surface area contributed by atoms with Gasteiger partial charge in [-0.3, -0.25) is 0 Å². The van der Waals surface area contributed by atoms with Gasteiger partial charge in [0.25, 0.3) is 0 Å². The van der Waals surface area contributed by atoms with Crippen LogP contribution in [-0.2, 0) is 20.8 Å². The molecule has 2 N–H and O–H groups in total. The topological polar surface area (TPSA) is 88.1 Å². The molecule has 7 nitrogen and oxygen atoms in total. The smallest absolute Gasteiger partial charge is 0.425 e. The number of aliphatic hydroxyl groups excluding tert-OH is 1. The maximum Gasteiger partial charge on any atom is 0.425 e. The van der Waals surface area contributed by atoms with Crippen molar-refractivity contribution in [2.75, 3.05) is 13.7 Å². The number of aliphatic hydroxyl groups is 1. The van der Waals surface area contributed by atoms with Gasteiger partial charge in [-0.25, -0.2) is 20.0 Å². The quantitative estimate of drug-likeness (QED) is 0.548. The summed E-state index contributed by atoms with van der Waals surface area (Å²) in [5.41, 5.74) is 5.09. The Labute approximate surface area is 171 Å². The number of hydrazine groups is 1. The zero-order chi connectivity index (χ0) is 21.4. The van der Waals surface area contributed by atoms with Crippen molar-refractivity contribution in [3.8, 4) is 11.1 Å². The Bertz CT molecular complexity index is 800. The van der Waals surface area contributed by atoms with E-state index in [-0.39, 0.29) is 13.1 Å². The average Bonchev–Trinajstić information content (AvgIpc) is 2.70. The van der Waals surface area contributed by atoms with E-state index in [0.717, 1.165) is 16.7 Å². The largest absolute Gasteiger partial charge is 0.467 e. The minimum Gasteiger partial charge on any atom is -0.467 e. The molecule has 0 saturated heterocycles. The summed E-state index contributed by atoms with van der Waals surface area (Å²) in [4.78, 5) is 24.0. The first kappa shape index (κ1) is 22.4. The van der Waals surface area contributed by atoms with Gasteiger partial charge in [0, 0.05) is 0 Å². The van der Waals surface area contributed by atoms with E-state index in [2.05, 4.69) is 10.2 Å². The molecule has 1 amide bonds. The summed E-state index contributed by atoms with van der Waals surface area (Å²) >= 11 is 0. The van der Waals surface area contributed by atoms with Gasteiger partial charge in [-0.05, 0) is 37.5 Å². The molecule has 0 fully saturated rings. The van der Waals surface area contributed by atoms with Gasteiger partial charge in [0.15, 0.2) is 6.10 Å². The van der Waals surface area contributed by atoms with Crippen LogP contribution in [-0.4, -0.2) is 47.5 Å². The van der Waals surface area contributed by atoms with Crippen LogP contribution in [0.4, 0.5) is 4.79 Å². The van der Waals surface area contributed by atoms with Gasteiger partial charge in [0.2, 0.25) is 0 Å². The summed E-state index contributed by atoms with van der Waals surface area (Å²) in [5.74, 6) is -0.783. The second kappa shape index (κ2) is 10.0. The van der Waals surface area contributed by atoms with Crippen molar-refractivity contribution in [2.45, 2.75) is 39.0 Å².